The van der Waals surface area contributed by atoms with Crippen molar-refractivity contribution in [2.45, 2.75) is 19.1 Å². The number of nitrogens with zero attached hydrogens (tertiary/aromatic N) is 2. The Hall–Kier alpha value is -1.95. The van der Waals surface area contributed by atoms with Crippen molar-refractivity contribution in [3.8, 4) is 0 Å². The molecule has 0 aromatic carbocycles. The molecule has 6 heteroatoms. The third-order valence-corrected chi connectivity index (χ3v) is 3.15. The molecular weight excluding hydrogens is 267 g/mol. The zero-order valence-electron chi connectivity index (χ0n) is 11.1. The fourth-order valence-corrected chi connectivity index (χ4v) is 2.15. The summed E-state index contributed by atoms with van der Waals surface area (Å²) < 4.78 is 39.3. The van der Waals surface area contributed by atoms with Crippen molar-refractivity contribution in [3.63, 3.8) is 0 Å². The number of aryl methyl sites for hydroxylation is 1. The first-order chi connectivity index (χ1) is 9.45. The number of rotatable bonds is 3. The standard InChI is InChI=1S/C14H14F3N3/c1-9-3-5-19-7-10(9)13(18-2)11-8-20-6-4-12(11)14(15,16)17/h3-8,13,18H,1-2H3. The summed E-state index contributed by atoms with van der Waals surface area (Å²) in [5.41, 5.74) is 0.985. The van der Waals surface area contributed by atoms with E-state index < -0.39 is 17.8 Å². The molecular formula is C14H14F3N3. The van der Waals surface area contributed by atoms with Gasteiger partial charge in [0.15, 0.2) is 0 Å². The molecule has 20 heavy (non-hydrogen) atoms. The highest BCUT2D eigenvalue weighted by molar-refractivity contribution is 5.38. The van der Waals surface area contributed by atoms with Crippen molar-refractivity contribution < 1.29 is 13.2 Å². The Bertz CT molecular complexity index is 596. The smallest absolute Gasteiger partial charge is 0.309 e. The molecule has 2 aromatic rings. The number of nitrogens with one attached hydrogen (secondary N) is 1. The first kappa shape index (κ1) is 14.5. The Balaban J connectivity index is 2.57. The third-order valence-electron chi connectivity index (χ3n) is 3.15. The fourth-order valence-electron chi connectivity index (χ4n) is 2.15. The summed E-state index contributed by atoms with van der Waals surface area (Å²) in [4.78, 5) is 7.81. The molecule has 2 rings (SSSR count). The summed E-state index contributed by atoms with van der Waals surface area (Å²) in [6.07, 6.45) is 1.16. The van der Waals surface area contributed by atoms with E-state index >= 15 is 0 Å². The quantitative estimate of drug-likeness (QED) is 0.939. The van der Waals surface area contributed by atoms with E-state index in [1.807, 2.05) is 6.92 Å². The SMILES string of the molecule is CNC(c1cnccc1C)c1cnccc1C(F)(F)F. The van der Waals surface area contributed by atoms with Crippen molar-refractivity contribution in [2.24, 2.45) is 0 Å². The minimum atomic E-state index is -4.41. The molecule has 0 spiro atoms. The Morgan fingerprint density at radius 3 is 2.20 bits per heavy atom. The van der Waals surface area contributed by atoms with Gasteiger partial charge in [0.25, 0.3) is 0 Å². The maximum Gasteiger partial charge on any atom is 0.416 e. The molecule has 0 saturated carbocycles. The molecule has 2 heterocycles. The molecule has 0 amide bonds. The van der Waals surface area contributed by atoms with Gasteiger partial charge in [-0.15, -0.1) is 0 Å². The molecule has 2 aromatic heterocycles. The summed E-state index contributed by atoms with van der Waals surface area (Å²) >= 11 is 0. The van der Waals surface area contributed by atoms with E-state index in [0.717, 1.165) is 17.8 Å². The number of alkyl halides is 3. The van der Waals surface area contributed by atoms with Crippen LogP contribution in [0.5, 0.6) is 0 Å². The van der Waals surface area contributed by atoms with Crippen LogP contribution in [0.2, 0.25) is 0 Å². The lowest BCUT2D eigenvalue weighted by atomic mass is 9.94. The van der Waals surface area contributed by atoms with E-state index in [2.05, 4.69) is 15.3 Å². The van der Waals surface area contributed by atoms with Gasteiger partial charge in [-0.2, -0.15) is 13.2 Å². The van der Waals surface area contributed by atoms with Crippen LogP contribution < -0.4 is 5.32 Å². The second kappa shape index (κ2) is 5.58. The van der Waals surface area contributed by atoms with E-state index in [9.17, 15) is 13.2 Å². The molecule has 0 aliphatic rings. The van der Waals surface area contributed by atoms with Crippen LogP contribution in [0.25, 0.3) is 0 Å². The van der Waals surface area contributed by atoms with Crippen molar-refractivity contribution in [3.05, 3.63) is 59.2 Å². The lowest BCUT2D eigenvalue weighted by Gasteiger charge is -2.22. The Morgan fingerprint density at radius 1 is 1.05 bits per heavy atom. The number of pyridine rings is 2. The van der Waals surface area contributed by atoms with E-state index in [1.165, 1.54) is 6.20 Å². The number of halogens is 3. The average Bonchev–Trinajstić information content (AvgIpc) is 2.41. The van der Waals surface area contributed by atoms with Crippen molar-refractivity contribution in [1.29, 1.82) is 0 Å². The summed E-state index contributed by atoms with van der Waals surface area (Å²) in [5, 5.41) is 2.91. The van der Waals surface area contributed by atoms with E-state index in [0.29, 0.717) is 5.56 Å². The second-order valence-corrected chi connectivity index (χ2v) is 4.41. The third kappa shape index (κ3) is 2.80. The van der Waals surface area contributed by atoms with Gasteiger partial charge in [0.2, 0.25) is 0 Å². The molecule has 0 bridgehead atoms. The topological polar surface area (TPSA) is 37.8 Å². The van der Waals surface area contributed by atoms with Crippen molar-refractivity contribution >= 4 is 0 Å². The summed E-state index contributed by atoms with van der Waals surface area (Å²) in [6, 6.07) is 2.16. The minimum Gasteiger partial charge on any atom is -0.309 e. The number of hydrogen-bond donors (Lipinski definition) is 1. The van der Waals surface area contributed by atoms with Crippen LogP contribution in [0, 0.1) is 6.92 Å². The van der Waals surface area contributed by atoms with Crippen LogP contribution in [0.1, 0.15) is 28.3 Å². The zero-order valence-corrected chi connectivity index (χ0v) is 11.1. The van der Waals surface area contributed by atoms with E-state index in [1.54, 1.807) is 25.5 Å². The van der Waals surface area contributed by atoms with E-state index in [-0.39, 0.29) is 5.56 Å². The largest absolute Gasteiger partial charge is 0.416 e. The molecule has 0 radical (unpaired) electrons. The molecule has 0 aliphatic carbocycles. The Labute approximate surface area is 114 Å². The lowest BCUT2D eigenvalue weighted by molar-refractivity contribution is -0.138. The van der Waals surface area contributed by atoms with Crippen LogP contribution in [0.15, 0.2) is 36.9 Å². The first-order valence-corrected chi connectivity index (χ1v) is 6.04. The van der Waals surface area contributed by atoms with Crippen molar-refractivity contribution in [1.82, 2.24) is 15.3 Å². The molecule has 0 fully saturated rings. The fraction of sp³-hybridized carbons (Fsp3) is 0.286. The van der Waals surface area contributed by atoms with Gasteiger partial charge >= 0.3 is 6.18 Å². The number of aromatic nitrogens is 2. The van der Waals surface area contributed by atoms with Crippen LogP contribution in [0.4, 0.5) is 13.2 Å². The van der Waals surface area contributed by atoms with Crippen LogP contribution in [-0.4, -0.2) is 17.0 Å². The average molecular weight is 281 g/mol. The molecule has 106 valence electrons. The highest BCUT2D eigenvalue weighted by atomic mass is 19.4. The molecule has 3 nitrogen and oxygen atoms in total. The van der Waals surface area contributed by atoms with Gasteiger partial charge < -0.3 is 5.32 Å². The number of hydrogen-bond acceptors (Lipinski definition) is 3. The van der Waals surface area contributed by atoms with Gasteiger partial charge in [-0.25, -0.2) is 0 Å². The predicted molar refractivity (Wildman–Crippen MR) is 69.1 cm³/mol. The molecule has 1 atom stereocenters. The van der Waals surface area contributed by atoms with Gasteiger partial charge in [0.05, 0.1) is 11.6 Å². The van der Waals surface area contributed by atoms with Gasteiger partial charge in [-0.3, -0.25) is 9.97 Å². The molecule has 1 unspecified atom stereocenters. The van der Waals surface area contributed by atoms with Crippen LogP contribution in [0.3, 0.4) is 0 Å². The van der Waals surface area contributed by atoms with Gasteiger partial charge in [0.1, 0.15) is 0 Å². The normalized spacial score (nSPS) is 13.2. The summed E-state index contributed by atoms with van der Waals surface area (Å²) in [7, 11) is 1.62. The maximum atomic E-state index is 13.1. The first-order valence-electron chi connectivity index (χ1n) is 6.04. The Morgan fingerprint density at radius 2 is 1.65 bits per heavy atom. The zero-order chi connectivity index (χ0) is 14.8. The van der Waals surface area contributed by atoms with Crippen LogP contribution >= 0.6 is 0 Å². The van der Waals surface area contributed by atoms with Crippen molar-refractivity contribution in [2.75, 3.05) is 7.05 Å². The monoisotopic (exact) mass is 281 g/mol. The second-order valence-electron chi connectivity index (χ2n) is 4.41. The Kier molecular flexibility index (Phi) is 4.04. The van der Waals surface area contributed by atoms with Gasteiger partial charge in [-0.05, 0) is 37.2 Å². The molecule has 0 aliphatic heterocycles. The highest BCUT2D eigenvalue weighted by Gasteiger charge is 2.35. The maximum absolute atomic E-state index is 13.1. The van der Waals surface area contributed by atoms with Gasteiger partial charge in [-0.1, -0.05) is 0 Å². The van der Waals surface area contributed by atoms with Crippen LogP contribution in [-0.2, 0) is 6.18 Å². The summed E-state index contributed by atoms with van der Waals surface area (Å²) in [6.45, 7) is 1.84. The highest BCUT2D eigenvalue weighted by Crippen LogP contribution is 2.36. The van der Waals surface area contributed by atoms with E-state index in [4.69, 9.17) is 0 Å². The van der Waals surface area contributed by atoms with Gasteiger partial charge in [0, 0.05) is 30.4 Å². The minimum absolute atomic E-state index is 0.0959. The lowest BCUT2D eigenvalue weighted by Crippen LogP contribution is -2.23. The summed E-state index contributed by atoms with van der Waals surface area (Å²) in [5.74, 6) is 0. The molecule has 0 saturated heterocycles. The molecule has 1 N–H and O–H groups in total. The predicted octanol–water partition coefficient (Wildman–Crippen LogP) is 3.11.